The second-order valence-corrected chi connectivity index (χ2v) is 3.73. The fourth-order valence-electron chi connectivity index (χ4n) is 1.47. The standard InChI is InChI=1S/C12H11FN2O3/c1-15-7-14-5-9(15)6-18-11-3-2-8(13)4-10(11)12(16)17/h2-5,7H,6H2,1H3,(H,16,17). The van der Waals surface area contributed by atoms with Crippen molar-refractivity contribution in [3.63, 3.8) is 0 Å². The molecule has 0 radical (unpaired) electrons. The number of halogens is 1. The van der Waals surface area contributed by atoms with Gasteiger partial charge in [-0.1, -0.05) is 0 Å². The molecule has 0 amide bonds. The first kappa shape index (κ1) is 12.1. The largest absolute Gasteiger partial charge is 0.486 e. The van der Waals surface area contributed by atoms with Crippen LogP contribution in [0.15, 0.2) is 30.7 Å². The van der Waals surface area contributed by atoms with E-state index in [1.165, 1.54) is 6.07 Å². The summed E-state index contributed by atoms with van der Waals surface area (Å²) in [6.45, 7) is 0.169. The Labute approximate surface area is 102 Å². The molecule has 1 N–H and O–H groups in total. The average Bonchev–Trinajstić information content (AvgIpc) is 2.73. The number of nitrogens with zero attached hydrogens (tertiary/aromatic N) is 2. The maximum atomic E-state index is 13.0. The monoisotopic (exact) mass is 250 g/mol. The quantitative estimate of drug-likeness (QED) is 0.899. The zero-order chi connectivity index (χ0) is 13.1. The van der Waals surface area contributed by atoms with E-state index >= 15 is 0 Å². The van der Waals surface area contributed by atoms with Crippen LogP contribution in [0.1, 0.15) is 16.1 Å². The molecule has 0 saturated carbocycles. The Morgan fingerprint density at radius 3 is 2.94 bits per heavy atom. The van der Waals surface area contributed by atoms with Gasteiger partial charge < -0.3 is 14.4 Å². The van der Waals surface area contributed by atoms with Gasteiger partial charge >= 0.3 is 5.97 Å². The molecular formula is C12H11FN2O3. The van der Waals surface area contributed by atoms with E-state index in [4.69, 9.17) is 9.84 Å². The number of imidazole rings is 1. The van der Waals surface area contributed by atoms with Crippen LogP contribution in [0.2, 0.25) is 0 Å². The van der Waals surface area contributed by atoms with Gasteiger partial charge in [0.25, 0.3) is 0 Å². The summed E-state index contributed by atoms with van der Waals surface area (Å²) in [6.07, 6.45) is 3.23. The first-order valence-electron chi connectivity index (χ1n) is 5.19. The van der Waals surface area contributed by atoms with Crippen LogP contribution in [0.5, 0.6) is 5.75 Å². The summed E-state index contributed by atoms with van der Waals surface area (Å²) in [6, 6.07) is 3.39. The highest BCUT2D eigenvalue weighted by molar-refractivity contribution is 5.90. The van der Waals surface area contributed by atoms with E-state index in [9.17, 15) is 9.18 Å². The highest BCUT2D eigenvalue weighted by atomic mass is 19.1. The van der Waals surface area contributed by atoms with Crippen molar-refractivity contribution < 1.29 is 19.0 Å². The van der Waals surface area contributed by atoms with Crippen LogP contribution >= 0.6 is 0 Å². The van der Waals surface area contributed by atoms with E-state index in [2.05, 4.69) is 4.98 Å². The predicted octanol–water partition coefficient (Wildman–Crippen LogP) is 1.84. The van der Waals surface area contributed by atoms with Crippen molar-refractivity contribution in [2.75, 3.05) is 0 Å². The number of hydrogen-bond donors (Lipinski definition) is 1. The Hall–Kier alpha value is -2.37. The van der Waals surface area contributed by atoms with Crippen molar-refractivity contribution in [1.82, 2.24) is 9.55 Å². The minimum atomic E-state index is -1.23. The summed E-state index contributed by atoms with van der Waals surface area (Å²) in [5, 5.41) is 8.94. The molecule has 2 rings (SSSR count). The number of hydrogen-bond acceptors (Lipinski definition) is 3. The summed E-state index contributed by atoms with van der Waals surface area (Å²) in [4.78, 5) is 14.9. The summed E-state index contributed by atoms with van der Waals surface area (Å²) in [7, 11) is 1.80. The van der Waals surface area contributed by atoms with Gasteiger partial charge in [0.05, 0.1) is 18.2 Å². The fourth-order valence-corrected chi connectivity index (χ4v) is 1.47. The van der Waals surface area contributed by atoms with Crippen LogP contribution < -0.4 is 4.74 Å². The predicted molar refractivity (Wildman–Crippen MR) is 60.9 cm³/mol. The molecule has 1 aromatic heterocycles. The van der Waals surface area contributed by atoms with Crippen LogP contribution in [0, 0.1) is 5.82 Å². The Balaban J connectivity index is 2.19. The molecule has 0 spiro atoms. The molecule has 0 bridgehead atoms. The lowest BCUT2D eigenvalue weighted by Gasteiger charge is -2.09. The number of ether oxygens (including phenoxy) is 1. The maximum absolute atomic E-state index is 13.0. The van der Waals surface area contributed by atoms with E-state index in [0.29, 0.717) is 0 Å². The average molecular weight is 250 g/mol. The normalized spacial score (nSPS) is 10.3. The number of carbonyl (C=O) groups is 1. The van der Waals surface area contributed by atoms with Gasteiger partial charge in [-0.3, -0.25) is 0 Å². The molecule has 0 aliphatic heterocycles. The number of rotatable bonds is 4. The zero-order valence-corrected chi connectivity index (χ0v) is 9.63. The number of benzene rings is 1. The number of aromatic carboxylic acids is 1. The second kappa shape index (κ2) is 4.87. The van der Waals surface area contributed by atoms with Crippen LogP contribution in [0.25, 0.3) is 0 Å². The van der Waals surface area contributed by atoms with Gasteiger partial charge in [-0.2, -0.15) is 0 Å². The maximum Gasteiger partial charge on any atom is 0.339 e. The second-order valence-electron chi connectivity index (χ2n) is 3.73. The van der Waals surface area contributed by atoms with Crippen molar-refractivity contribution in [1.29, 1.82) is 0 Å². The van der Waals surface area contributed by atoms with Crippen LogP contribution in [-0.2, 0) is 13.7 Å². The van der Waals surface area contributed by atoms with E-state index < -0.39 is 11.8 Å². The molecule has 94 valence electrons. The SMILES string of the molecule is Cn1cncc1COc1ccc(F)cc1C(=O)O. The van der Waals surface area contributed by atoms with Crippen molar-refractivity contribution in [2.45, 2.75) is 6.61 Å². The van der Waals surface area contributed by atoms with Crippen molar-refractivity contribution in [3.05, 3.63) is 47.8 Å². The number of carboxylic acid groups (broad SMARTS) is 1. The lowest BCUT2D eigenvalue weighted by atomic mass is 10.2. The van der Waals surface area contributed by atoms with Crippen LogP contribution in [0.3, 0.4) is 0 Å². The molecule has 2 aromatic rings. The molecule has 0 unspecified atom stereocenters. The molecule has 1 heterocycles. The van der Waals surface area contributed by atoms with Crippen molar-refractivity contribution >= 4 is 5.97 Å². The van der Waals surface area contributed by atoms with Gasteiger partial charge in [0.15, 0.2) is 0 Å². The van der Waals surface area contributed by atoms with Gasteiger partial charge in [-0.15, -0.1) is 0 Å². The number of carboxylic acids is 1. The molecule has 0 saturated heterocycles. The number of aryl methyl sites for hydroxylation is 1. The van der Waals surface area contributed by atoms with Gasteiger partial charge in [-0.25, -0.2) is 14.2 Å². The van der Waals surface area contributed by atoms with E-state index in [1.54, 1.807) is 24.1 Å². The lowest BCUT2D eigenvalue weighted by molar-refractivity contribution is 0.0691. The van der Waals surface area contributed by atoms with Crippen molar-refractivity contribution in [2.24, 2.45) is 7.05 Å². The first-order chi connectivity index (χ1) is 8.58. The summed E-state index contributed by atoms with van der Waals surface area (Å²) < 4.78 is 20.1. The molecule has 0 aliphatic rings. The highest BCUT2D eigenvalue weighted by Crippen LogP contribution is 2.20. The van der Waals surface area contributed by atoms with E-state index in [-0.39, 0.29) is 17.9 Å². The fraction of sp³-hybridized carbons (Fsp3) is 0.167. The molecule has 18 heavy (non-hydrogen) atoms. The van der Waals surface area contributed by atoms with E-state index in [0.717, 1.165) is 17.8 Å². The Morgan fingerprint density at radius 2 is 2.33 bits per heavy atom. The lowest BCUT2D eigenvalue weighted by Crippen LogP contribution is -2.06. The topological polar surface area (TPSA) is 64.4 Å². The Bertz CT molecular complexity index is 580. The minimum absolute atomic E-state index is 0.130. The molecule has 0 aliphatic carbocycles. The summed E-state index contributed by atoms with van der Waals surface area (Å²) in [5.41, 5.74) is 0.591. The van der Waals surface area contributed by atoms with E-state index in [1.807, 2.05) is 0 Å². The van der Waals surface area contributed by atoms with Gasteiger partial charge in [0, 0.05) is 7.05 Å². The Kier molecular flexibility index (Phi) is 3.27. The molecule has 6 heteroatoms. The molecule has 0 atom stereocenters. The van der Waals surface area contributed by atoms with Gasteiger partial charge in [0.2, 0.25) is 0 Å². The van der Waals surface area contributed by atoms with Crippen LogP contribution in [0.4, 0.5) is 4.39 Å². The third-order valence-electron chi connectivity index (χ3n) is 2.46. The minimum Gasteiger partial charge on any atom is -0.486 e. The molecule has 5 nitrogen and oxygen atoms in total. The van der Waals surface area contributed by atoms with Gasteiger partial charge in [0.1, 0.15) is 23.7 Å². The third-order valence-corrected chi connectivity index (χ3v) is 2.46. The highest BCUT2D eigenvalue weighted by Gasteiger charge is 2.13. The van der Waals surface area contributed by atoms with Crippen molar-refractivity contribution in [3.8, 4) is 5.75 Å². The Morgan fingerprint density at radius 1 is 1.56 bits per heavy atom. The summed E-state index contributed by atoms with van der Waals surface area (Å²) in [5.74, 6) is -1.71. The zero-order valence-electron chi connectivity index (χ0n) is 9.63. The molecular weight excluding hydrogens is 239 g/mol. The van der Waals surface area contributed by atoms with Gasteiger partial charge in [-0.05, 0) is 18.2 Å². The third kappa shape index (κ3) is 2.48. The van der Waals surface area contributed by atoms with Crippen LogP contribution in [-0.4, -0.2) is 20.6 Å². The number of aromatic nitrogens is 2. The summed E-state index contributed by atoms with van der Waals surface area (Å²) >= 11 is 0. The molecule has 1 aromatic carbocycles. The first-order valence-corrected chi connectivity index (χ1v) is 5.19. The smallest absolute Gasteiger partial charge is 0.339 e. The molecule has 0 fully saturated rings.